The molecule has 2 aromatic rings. The third-order valence-corrected chi connectivity index (χ3v) is 5.43. The van der Waals surface area contributed by atoms with Crippen LogP contribution in [0.1, 0.15) is 30.4 Å². The molecule has 0 aliphatic carbocycles. The Bertz CT molecular complexity index is 892. The van der Waals surface area contributed by atoms with Gasteiger partial charge in [-0.25, -0.2) is 0 Å². The van der Waals surface area contributed by atoms with Crippen molar-refractivity contribution in [1.29, 1.82) is 0 Å². The second-order valence-electron chi connectivity index (χ2n) is 7.59. The second-order valence-corrected chi connectivity index (χ2v) is 7.59. The number of carbonyl (C=O) groups excluding carboxylic acids is 2. The van der Waals surface area contributed by atoms with Gasteiger partial charge in [0.25, 0.3) is 0 Å². The van der Waals surface area contributed by atoms with Crippen LogP contribution >= 0.6 is 0 Å². The molecule has 0 bridgehead atoms. The SMILES string of the molecule is O=C(NCCCc1ccc(N2CCCC2)cc1)C(=O)NCc1ccc2c(c1)OCO2. The van der Waals surface area contributed by atoms with Crippen LogP contribution in [0.15, 0.2) is 42.5 Å². The molecule has 2 amide bonds. The van der Waals surface area contributed by atoms with Crippen LogP contribution in [0, 0.1) is 0 Å². The van der Waals surface area contributed by atoms with Gasteiger partial charge in [0.1, 0.15) is 0 Å². The standard InChI is InChI=1S/C23H27N3O4/c27-22(23(28)25-15-18-7-10-20-21(14-18)30-16-29-20)24-11-3-4-17-5-8-19(9-6-17)26-12-1-2-13-26/h5-10,14H,1-4,11-13,15-16H2,(H,24,27)(H,25,28). The summed E-state index contributed by atoms with van der Waals surface area (Å²) in [5, 5.41) is 5.31. The zero-order chi connectivity index (χ0) is 20.8. The summed E-state index contributed by atoms with van der Waals surface area (Å²) in [6, 6.07) is 14.1. The predicted molar refractivity (Wildman–Crippen MR) is 114 cm³/mol. The molecule has 1 fully saturated rings. The third-order valence-electron chi connectivity index (χ3n) is 5.43. The first-order chi connectivity index (χ1) is 14.7. The molecule has 2 aromatic carbocycles. The molecule has 2 aliphatic rings. The van der Waals surface area contributed by atoms with Crippen LogP contribution < -0.4 is 25.0 Å². The first kappa shape index (κ1) is 20.1. The van der Waals surface area contributed by atoms with Gasteiger partial charge in [-0.15, -0.1) is 0 Å². The number of hydrogen-bond donors (Lipinski definition) is 2. The van der Waals surface area contributed by atoms with Crippen molar-refractivity contribution in [3.8, 4) is 11.5 Å². The maximum Gasteiger partial charge on any atom is 0.309 e. The van der Waals surface area contributed by atoms with E-state index < -0.39 is 11.8 Å². The molecule has 7 nitrogen and oxygen atoms in total. The van der Waals surface area contributed by atoms with Crippen LogP contribution in [0.4, 0.5) is 5.69 Å². The number of nitrogens with one attached hydrogen (secondary N) is 2. The van der Waals surface area contributed by atoms with Crippen LogP contribution in [0.25, 0.3) is 0 Å². The number of anilines is 1. The van der Waals surface area contributed by atoms with Crippen molar-refractivity contribution in [2.45, 2.75) is 32.2 Å². The molecule has 7 heteroatoms. The Balaban J connectivity index is 1.14. The lowest BCUT2D eigenvalue weighted by Gasteiger charge is -2.17. The van der Waals surface area contributed by atoms with Crippen molar-refractivity contribution in [3.63, 3.8) is 0 Å². The molecule has 0 radical (unpaired) electrons. The number of nitrogens with zero attached hydrogens (tertiary/aromatic N) is 1. The fraction of sp³-hybridized carbons (Fsp3) is 0.391. The van der Waals surface area contributed by atoms with E-state index in [0.29, 0.717) is 18.0 Å². The summed E-state index contributed by atoms with van der Waals surface area (Å²) in [6.45, 7) is 3.21. The van der Waals surface area contributed by atoms with Crippen LogP contribution in [-0.4, -0.2) is 38.2 Å². The maximum absolute atomic E-state index is 12.0. The Kier molecular flexibility index (Phi) is 6.37. The van der Waals surface area contributed by atoms with E-state index >= 15 is 0 Å². The van der Waals surface area contributed by atoms with Gasteiger partial charge < -0.3 is 25.0 Å². The predicted octanol–water partition coefficient (Wildman–Crippen LogP) is 2.38. The molecule has 4 rings (SSSR count). The van der Waals surface area contributed by atoms with E-state index in [-0.39, 0.29) is 13.3 Å². The maximum atomic E-state index is 12.0. The molecule has 158 valence electrons. The molecule has 2 aliphatic heterocycles. The highest BCUT2D eigenvalue weighted by molar-refractivity contribution is 6.35. The van der Waals surface area contributed by atoms with E-state index in [2.05, 4.69) is 39.8 Å². The number of ether oxygens (including phenoxy) is 2. The first-order valence-electron chi connectivity index (χ1n) is 10.5. The fourth-order valence-corrected chi connectivity index (χ4v) is 3.74. The monoisotopic (exact) mass is 409 g/mol. The molecule has 2 N–H and O–H groups in total. The van der Waals surface area contributed by atoms with Crippen molar-refractivity contribution in [1.82, 2.24) is 10.6 Å². The van der Waals surface area contributed by atoms with Gasteiger partial charge in [0, 0.05) is 31.9 Å². The van der Waals surface area contributed by atoms with Gasteiger partial charge in [-0.3, -0.25) is 9.59 Å². The van der Waals surface area contributed by atoms with Crippen LogP contribution in [0.5, 0.6) is 11.5 Å². The smallest absolute Gasteiger partial charge is 0.309 e. The molecular formula is C23H27N3O4. The molecule has 0 saturated carbocycles. The lowest BCUT2D eigenvalue weighted by Crippen LogP contribution is -2.40. The number of carbonyl (C=O) groups is 2. The summed E-state index contributed by atoms with van der Waals surface area (Å²) in [6.07, 6.45) is 4.18. The summed E-state index contributed by atoms with van der Waals surface area (Å²) < 4.78 is 10.6. The van der Waals surface area contributed by atoms with Crippen molar-refractivity contribution in [2.24, 2.45) is 0 Å². The zero-order valence-electron chi connectivity index (χ0n) is 17.0. The van der Waals surface area contributed by atoms with Crippen LogP contribution in [0.2, 0.25) is 0 Å². The van der Waals surface area contributed by atoms with Gasteiger partial charge in [0.05, 0.1) is 0 Å². The largest absolute Gasteiger partial charge is 0.454 e. The van der Waals surface area contributed by atoms with E-state index in [1.807, 2.05) is 6.07 Å². The minimum atomic E-state index is -0.636. The Hall–Kier alpha value is -3.22. The average molecular weight is 409 g/mol. The molecule has 0 atom stereocenters. The highest BCUT2D eigenvalue weighted by atomic mass is 16.7. The van der Waals surface area contributed by atoms with Crippen LogP contribution in [-0.2, 0) is 22.6 Å². The average Bonchev–Trinajstić information content (AvgIpc) is 3.47. The molecule has 0 unspecified atom stereocenters. The van der Waals surface area contributed by atoms with Gasteiger partial charge in [0.15, 0.2) is 11.5 Å². The molecule has 30 heavy (non-hydrogen) atoms. The van der Waals surface area contributed by atoms with E-state index in [1.165, 1.54) is 24.1 Å². The van der Waals surface area contributed by atoms with Crippen molar-refractivity contribution in [2.75, 3.05) is 31.3 Å². The number of amides is 2. The molecule has 2 heterocycles. The van der Waals surface area contributed by atoms with Gasteiger partial charge >= 0.3 is 11.8 Å². The highest BCUT2D eigenvalue weighted by Gasteiger charge is 2.16. The minimum absolute atomic E-state index is 0.205. The lowest BCUT2D eigenvalue weighted by molar-refractivity contribution is -0.139. The topological polar surface area (TPSA) is 79.9 Å². The summed E-state index contributed by atoms with van der Waals surface area (Å²) >= 11 is 0. The van der Waals surface area contributed by atoms with Gasteiger partial charge in [0.2, 0.25) is 6.79 Å². The molecule has 1 saturated heterocycles. The number of hydrogen-bond acceptors (Lipinski definition) is 5. The number of fused-ring (bicyclic) bond motifs is 1. The zero-order valence-corrected chi connectivity index (χ0v) is 17.0. The van der Waals surface area contributed by atoms with Crippen molar-refractivity contribution in [3.05, 3.63) is 53.6 Å². The molecular weight excluding hydrogens is 382 g/mol. The van der Waals surface area contributed by atoms with E-state index in [1.54, 1.807) is 12.1 Å². The highest BCUT2D eigenvalue weighted by Crippen LogP contribution is 2.32. The van der Waals surface area contributed by atoms with Crippen LogP contribution in [0.3, 0.4) is 0 Å². The number of benzene rings is 2. The summed E-state index contributed by atoms with van der Waals surface area (Å²) in [7, 11) is 0. The Morgan fingerprint density at radius 1 is 0.867 bits per heavy atom. The van der Waals surface area contributed by atoms with Crippen molar-refractivity contribution < 1.29 is 19.1 Å². The Labute approximate surface area is 176 Å². The van der Waals surface area contributed by atoms with E-state index in [0.717, 1.165) is 31.5 Å². The lowest BCUT2D eigenvalue weighted by atomic mass is 10.1. The number of aryl methyl sites for hydroxylation is 1. The van der Waals surface area contributed by atoms with E-state index in [4.69, 9.17) is 9.47 Å². The Morgan fingerprint density at radius 2 is 1.57 bits per heavy atom. The summed E-state index contributed by atoms with van der Waals surface area (Å²) in [5.74, 6) is 0.0934. The van der Waals surface area contributed by atoms with Gasteiger partial charge in [-0.1, -0.05) is 18.2 Å². The number of rotatable bonds is 7. The molecule has 0 spiro atoms. The first-order valence-corrected chi connectivity index (χ1v) is 10.5. The normalized spacial score (nSPS) is 14.6. The Morgan fingerprint density at radius 3 is 2.37 bits per heavy atom. The summed E-state index contributed by atoms with van der Waals surface area (Å²) in [5.41, 5.74) is 3.36. The minimum Gasteiger partial charge on any atom is -0.454 e. The quantitative estimate of drug-likeness (QED) is 0.542. The van der Waals surface area contributed by atoms with Gasteiger partial charge in [-0.2, -0.15) is 0 Å². The van der Waals surface area contributed by atoms with Crippen molar-refractivity contribution >= 4 is 17.5 Å². The molecule has 0 aromatic heterocycles. The van der Waals surface area contributed by atoms with E-state index in [9.17, 15) is 9.59 Å². The van der Waals surface area contributed by atoms with Gasteiger partial charge in [-0.05, 0) is 61.1 Å². The second kappa shape index (κ2) is 9.52. The fourth-order valence-electron chi connectivity index (χ4n) is 3.74. The summed E-state index contributed by atoms with van der Waals surface area (Å²) in [4.78, 5) is 26.4. The third kappa shape index (κ3) is 5.03.